The van der Waals surface area contributed by atoms with Crippen LogP contribution < -0.4 is 0 Å². The molecular weight excluding hydrogens is 414 g/mol. The number of hydrogen-bond acceptors (Lipinski definition) is 1. The Morgan fingerprint density at radius 1 is 1.47 bits per heavy atom. The van der Waals surface area contributed by atoms with E-state index < -0.39 is 18.0 Å². The van der Waals surface area contributed by atoms with Gasteiger partial charge in [0.15, 0.2) is 0 Å². The van der Waals surface area contributed by atoms with Crippen LogP contribution in [0.1, 0.15) is 39.5 Å². The van der Waals surface area contributed by atoms with Crippen LogP contribution >= 0.6 is 38.7 Å². The quantitative estimate of drug-likeness (QED) is 0.365. The minimum atomic E-state index is -2.17. The van der Waals surface area contributed by atoms with Gasteiger partial charge < -0.3 is 0 Å². The predicted octanol–water partition coefficient (Wildman–Crippen LogP) is 3.74. The number of carbonyl (C=O) groups excluding carboxylic acids is 1. The second-order valence-corrected chi connectivity index (χ2v) is 16.7. The molecule has 0 aromatic carbocycles. The normalized spacial score (nSPS) is 25.7. The summed E-state index contributed by atoms with van der Waals surface area (Å²) in [7, 11) is 0. The van der Waals surface area contributed by atoms with Gasteiger partial charge in [-0.1, -0.05) is 0 Å². The predicted molar refractivity (Wildman–Crippen MR) is 89.6 cm³/mol. The van der Waals surface area contributed by atoms with E-state index >= 15 is 0 Å². The standard InChI is InChI=1S/C12H22I2O/c1-5-12(2,13-3)10-11(15)14(4)8-6-7-9-14/h3-10H2,1-2H3. The number of hydrogen-bond donors (Lipinski definition) is 0. The van der Waals surface area contributed by atoms with E-state index in [-0.39, 0.29) is 24.2 Å². The molecule has 0 amide bonds. The molecule has 0 spiro atoms. The first kappa shape index (κ1) is 13.9. The fourth-order valence-electron chi connectivity index (χ4n) is 1.70. The van der Waals surface area contributed by atoms with Crippen LogP contribution in [0.4, 0.5) is 0 Å². The van der Waals surface area contributed by atoms with Crippen LogP contribution in [0.5, 0.6) is 0 Å². The van der Waals surface area contributed by atoms with Crippen molar-refractivity contribution in [3.8, 4) is 0 Å². The maximum absolute atomic E-state index is 12.3. The summed E-state index contributed by atoms with van der Waals surface area (Å²) in [5.41, 5.74) is 0. The molecule has 1 aliphatic heterocycles. The van der Waals surface area contributed by atoms with E-state index in [4.69, 9.17) is 0 Å². The Labute approximate surface area is 107 Å². The van der Waals surface area contributed by atoms with E-state index in [1.807, 2.05) is 0 Å². The first-order valence-electron chi connectivity index (χ1n) is 5.42. The molecule has 15 heavy (non-hydrogen) atoms. The molecule has 1 aliphatic rings. The Morgan fingerprint density at radius 2 is 2.00 bits per heavy atom. The van der Waals surface area contributed by atoms with Gasteiger partial charge in [-0.2, -0.15) is 0 Å². The van der Waals surface area contributed by atoms with Crippen molar-refractivity contribution in [2.45, 2.75) is 43.0 Å². The third-order valence-electron chi connectivity index (χ3n) is 3.26. The van der Waals surface area contributed by atoms with Crippen molar-refractivity contribution >= 4 is 51.5 Å². The average molecular weight is 436 g/mol. The monoisotopic (exact) mass is 436 g/mol. The Morgan fingerprint density at radius 3 is 2.40 bits per heavy atom. The molecule has 1 nitrogen and oxygen atoms in total. The molecular formula is C12H22I2O. The zero-order valence-electron chi connectivity index (χ0n) is 9.82. The van der Waals surface area contributed by atoms with Crippen molar-refractivity contribution in [2.75, 3.05) is 8.86 Å². The maximum atomic E-state index is 12.3. The van der Waals surface area contributed by atoms with Crippen molar-refractivity contribution in [2.24, 2.45) is 0 Å². The van der Waals surface area contributed by atoms with E-state index in [9.17, 15) is 4.79 Å². The van der Waals surface area contributed by atoms with Gasteiger partial charge in [0.25, 0.3) is 0 Å². The SMILES string of the molecule is C=IC(C)(CC)CC(=O)I1(=C)CCCC1. The summed E-state index contributed by atoms with van der Waals surface area (Å²) in [6.45, 7) is 4.43. The van der Waals surface area contributed by atoms with Crippen molar-refractivity contribution in [1.29, 1.82) is 0 Å². The number of rotatable bonds is 5. The Hall–Kier alpha value is 0.870. The Kier molecular flexibility index (Phi) is 5.08. The molecule has 90 valence electrons. The van der Waals surface area contributed by atoms with E-state index in [0.29, 0.717) is 3.79 Å². The van der Waals surface area contributed by atoms with Gasteiger partial charge in [0.2, 0.25) is 0 Å². The van der Waals surface area contributed by atoms with Crippen LogP contribution in [-0.4, -0.2) is 25.1 Å². The van der Waals surface area contributed by atoms with Gasteiger partial charge in [0.1, 0.15) is 0 Å². The number of halogens is 2. The minimum absolute atomic E-state index is 0.0841. The second kappa shape index (κ2) is 5.47. The molecule has 0 radical (unpaired) electrons. The summed E-state index contributed by atoms with van der Waals surface area (Å²) >= 11 is -2.26. The molecule has 1 rings (SSSR count). The van der Waals surface area contributed by atoms with Crippen molar-refractivity contribution in [3.63, 3.8) is 0 Å². The zero-order chi connectivity index (χ0) is 11.5. The van der Waals surface area contributed by atoms with Gasteiger partial charge in [-0.15, -0.1) is 0 Å². The van der Waals surface area contributed by atoms with Crippen LogP contribution in [0, 0.1) is 0 Å². The van der Waals surface area contributed by atoms with Crippen molar-refractivity contribution < 1.29 is 4.79 Å². The molecule has 1 saturated heterocycles. The number of alkyl halides is 3. The zero-order valence-corrected chi connectivity index (χ0v) is 14.1. The second-order valence-electron chi connectivity index (χ2n) is 4.49. The summed E-state index contributed by atoms with van der Waals surface area (Å²) in [6.07, 6.45) is 4.41. The molecule has 1 fully saturated rings. The molecule has 0 saturated carbocycles. The van der Waals surface area contributed by atoms with Crippen LogP contribution in [0.3, 0.4) is 0 Å². The molecule has 0 aliphatic carbocycles. The molecule has 0 bridgehead atoms. The molecule has 1 unspecified atom stereocenters. The molecule has 3 heteroatoms. The van der Waals surface area contributed by atoms with Gasteiger partial charge >= 0.3 is 108 Å². The van der Waals surface area contributed by atoms with Crippen LogP contribution in [0.15, 0.2) is 0 Å². The average Bonchev–Trinajstić information content (AvgIpc) is 2.66. The van der Waals surface area contributed by atoms with Crippen LogP contribution in [0.25, 0.3) is 0 Å². The first-order valence-corrected chi connectivity index (χ1v) is 13.7. The third-order valence-corrected chi connectivity index (χ3v) is 14.8. The van der Waals surface area contributed by atoms with Gasteiger partial charge in [-0.25, -0.2) is 0 Å². The van der Waals surface area contributed by atoms with Gasteiger partial charge in [-0.3, -0.25) is 0 Å². The summed E-state index contributed by atoms with van der Waals surface area (Å²) < 4.78 is 11.6. The van der Waals surface area contributed by atoms with Crippen molar-refractivity contribution in [3.05, 3.63) is 0 Å². The third kappa shape index (κ3) is 3.41. The molecule has 0 aromatic rings. The summed E-state index contributed by atoms with van der Waals surface area (Å²) in [5, 5.41) is 0. The molecule has 0 N–H and O–H groups in total. The Bertz CT molecular complexity index is 299. The van der Waals surface area contributed by atoms with Crippen molar-refractivity contribution in [1.82, 2.24) is 0 Å². The molecule has 0 aromatic heterocycles. The summed E-state index contributed by atoms with van der Waals surface area (Å²) in [5.74, 6) is 0. The van der Waals surface area contributed by atoms with E-state index in [2.05, 4.69) is 22.9 Å². The summed E-state index contributed by atoms with van der Waals surface area (Å²) in [4.78, 5) is 12.3. The fourth-order valence-corrected chi connectivity index (χ4v) is 11.0. The van der Waals surface area contributed by atoms with E-state index in [0.717, 1.165) is 12.8 Å². The van der Waals surface area contributed by atoms with E-state index in [1.54, 1.807) is 0 Å². The molecule has 1 atom stereocenters. The topological polar surface area (TPSA) is 17.1 Å². The Balaban J connectivity index is 2.70. The number of carbonyl (C=O) groups is 1. The summed E-state index contributed by atoms with van der Waals surface area (Å²) in [6, 6.07) is 0. The van der Waals surface area contributed by atoms with Gasteiger partial charge in [-0.05, 0) is 0 Å². The van der Waals surface area contributed by atoms with Gasteiger partial charge in [0, 0.05) is 0 Å². The van der Waals surface area contributed by atoms with Crippen LogP contribution in [0.2, 0.25) is 0 Å². The van der Waals surface area contributed by atoms with Gasteiger partial charge in [0.05, 0.1) is 0 Å². The molecule has 1 heterocycles. The van der Waals surface area contributed by atoms with Crippen LogP contribution in [-0.2, 0) is 4.79 Å². The van der Waals surface area contributed by atoms with E-state index in [1.165, 1.54) is 21.7 Å². The first-order chi connectivity index (χ1) is 6.96. The fraction of sp³-hybridized carbons (Fsp3) is 0.750.